The molecular weight excluding hydrogens is 152 g/mol. The van der Waals surface area contributed by atoms with Crippen LogP contribution < -0.4 is 6.15 Å². The van der Waals surface area contributed by atoms with Gasteiger partial charge in [-0.2, -0.15) is 0 Å². The van der Waals surface area contributed by atoms with Crippen molar-refractivity contribution in [3.8, 4) is 0 Å². The standard InChI is InChI=1S/Ca.ClH.HNO3.H3N.2H/c;;2-1(3)4;;;/h;1H;(H,2,3,4);1H3;;/q+2;;;;2*-1. The Labute approximate surface area is 79.1 Å². The molecule has 0 radical (unpaired) electrons. The summed E-state index contributed by atoms with van der Waals surface area (Å²) in [4.78, 5) is 8.36. The van der Waals surface area contributed by atoms with Crippen LogP contribution in [0.25, 0.3) is 0 Å². The van der Waals surface area contributed by atoms with Crippen molar-refractivity contribution >= 4 is 50.1 Å². The molecule has 0 unspecified atom stereocenters. The van der Waals surface area contributed by atoms with Crippen LogP contribution >= 0.6 is 12.4 Å². The molecule has 5 nitrogen and oxygen atoms in total. The summed E-state index contributed by atoms with van der Waals surface area (Å²) < 4.78 is 0. The molecule has 0 saturated heterocycles. The van der Waals surface area contributed by atoms with E-state index in [1.165, 1.54) is 0 Å². The quantitative estimate of drug-likeness (QED) is 0.296. The molecule has 0 saturated carbocycles. The van der Waals surface area contributed by atoms with Gasteiger partial charge in [0.1, 0.15) is 0 Å². The first-order valence-electron chi connectivity index (χ1n) is 0.565. The van der Waals surface area contributed by atoms with Gasteiger partial charge >= 0.3 is 37.7 Å². The molecule has 0 atom stereocenters. The van der Waals surface area contributed by atoms with E-state index >= 15 is 0 Å². The van der Waals surface area contributed by atoms with Crippen LogP contribution in [0.5, 0.6) is 0 Å². The van der Waals surface area contributed by atoms with Gasteiger partial charge in [-0.1, -0.05) is 0 Å². The van der Waals surface area contributed by atoms with Gasteiger partial charge in [0.15, 0.2) is 0 Å². The Hall–Kier alpha value is 0.710. The first-order valence-corrected chi connectivity index (χ1v) is 0.565. The molecule has 4 N–H and O–H groups in total. The van der Waals surface area contributed by atoms with Gasteiger partial charge in [-0.3, -0.25) is 0 Å². The van der Waals surface area contributed by atoms with Crippen LogP contribution in [0.2, 0.25) is 0 Å². The predicted molar refractivity (Wildman–Crippen MR) is 29.0 cm³/mol. The van der Waals surface area contributed by atoms with Gasteiger partial charge in [-0.05, 0) is 0 Å². The zero-order valence-corrected chi connectivity index (χ0v) is 6.56. The van der Waals surface area contributed by atoms with Crippen molar-refractivity contribution in [2.24, 2.45) is 0 Å². The van der Waals surface area contributed by atoms with Crippen molar-refractivity contribution in [3.63, 3.8) is 0 Å². The van der Waals surface area contributed by atoms with Crippen LogP contribution in [-0.4, -0.2) is 48.0 Å². The molecule has 0 aliphatic heterocycles. The predicted octanol–water partition coefficient (Wildman–Crippen LogP) is 0.0803. The Bertz CT molecular complexity index is 42.8. The monoisotopic (exact) mass is 158 g/mol. The zero-order valence-electron chi connectivity index (χ0n) is 5.53. The number of rotatable bonds is 0. The third-order valence-corrected chi connectivity index (χ3v) is 0. The van der Waals surface area contributed by atoms with E-state index in [0.29, 0.717) is 0 Å². The minimum Gasteiger partial charge on any atom is -1.00 e. The summed E-state index contributed by atoms with van der Waals surface area (Å²) in [5.74, 6) is 0. The van der Waals surface area contributed by atoms with Gasteiger partial charge in [0.05, 0.1) is 0 Å². The summed E-state index contributed by atoms with van der Waals surface area (Å²) in [5, 5.41) is 13.6. The molecule has 0 aromatic carbocycles. The molecule has 44 valence electrons. The van der Waals surface area contributed by atoms with Crippen LogP contribution in [-0.2, 0) is 0 Å². The summed E-state index contributed by atoms with van der Waals surface area (Å²) in [6.45, 7) is 0. The van der Waals surface area contributed by atoms with Gasteiger partial charge in [-0.15, -0.1) is 22.5 Å². The smallest absolute Gasteiger partial charge is 1.00 e. The number of nitrogens with zero attached hydrogens (tertiary/aromatic N) is 1. The third kappa shape index (κ3) is 295. The van der Waals surface area contributed by atoms with E-state index in [-0.39, 0.29) is 59.1 Å². The zero-order chi connectivity index (χ0) is 3.58. The van der Waals surface area contributed by atoms with Gasteiger partial charge in [-0.25, -0.2) is 0 Å². The van der Waals surface area contributed by atoms with E-state index in [2.05, 4.69) is 0 Å². The van der Waals surface area contributed by atoms with Crippen LogP contribution in [0.4, 0.5) is 0 Å². The van der Waals surface area contributed by atoms with Crippen molar-refractivity contribution in [1.82, 2.24) is 6.15 Å². The molecule has 7 heteroatoms. The van der Waals surface area contributed by atoms with E-state index in [1.54, 1.807) is 0 Å². The second kappa shape index (κ2) is 15.9. The molecule has 0 amide bonds. The summed E-state index contributed by atoms with van der Waals surface area (Å²) in [7, 11) is 0. The van der Waals surface area contributed by atoms with E-state index in [0.717, 1.165) is 0 Å². The molecule has 0 aliphatic carbocycles. The molecule has 7 heavy (non-hydrogen) atoms. The first-order chi connectivity index (χ1) is 1.73. The molecule has 0 spiro atoms. The molecule has 0 fully saturated rings. The van der Waals surface area contributed by atoms with E-state index in [4.69, 9.17) is 15.3 Å². The minimum absolute atomic E-state index is 0. The van der Waals surface area contributed by atoms with Gasteiger partial charge in [0.25, 0.3) is 5.09 Å². The van der Waals surface area contributed by atoms with Crippen LogP contribution in [0.1, 0.15) is 2.85 Å². The fourth-order valence-corrected chi connectivity index (χ4v) is 0. The Kier molecular flexibility index (Phi) is 57.3. The van der Waals surface area contributed by atoms with Gasteiger partial charge < -0.3 is 14.2 Å². The maximum atomic E-state index is 8.36. The second-order valence-electron chi connectivity index (χ2n) is 0.238. The van der Waals surface area contributed by atoms with E-state index < -0.39 is 5.09 Å². The van der Waals surface area contributed by atoms with Crippen molar-refractivity contribution in [1.29, 1.82) is 0 Å². The average molecular weight is 159 g/mol. The molecule has 0 aromatic heterocycles. The molecule has 0 aliphatic rings. The number of hydrogen-bond acceptors (Lipinski definition) is 3. The van der Waals surface area contributed by atoms with Crippen molar-refractivity contribution < 1.29 is 13.1 Å². The maximum Gasteiger partial charge on any atom is 2.00 e. The molecule has 0 heterocycles. The summed E-state index contributed by atoms with van der Waals surface area (Å²) in [6, 6.07) is 0. The fourth-order valence-electron chi connectivity index (χ4n) is 0. The molecule has 0 rings (SSSR count). The number of hydrogen-bond donors (Lipinski definition) is 2. The van der Waals surface area contributed by atoms with Gasteiger partial charge in [0.2, 0.25) is 0 Å². The van der Waals surface area contributed by atoms with Crippen molar-refractivity contribution in [2.45, 2.75) is 0 Å². The largest absolute Gasteiger partial charge is 2.00 e. The second-order valence-corrected chi connectivity index (χ2v) is 0.238. The van der Waals surface area contributed by atoms with Crippen LogP contribution in [0.3, 0.4) is 0 Å². The van der Waals surface area contributed by atoms with Gasteiger partial charge in [0, 0.05) is 0 Å². The minimum atomic E-state index is -1.50. The van der Waals surface area contributed by atoms with E-state index in [9.17, 15) is 0 Å². The Morgan fingerprint density at radius 2 is 1.71 bits per heavy atom. The van der Waals surface area contributed by atoms with Crippen LogP contribution in [0, 0.1) is 10.1 Å². The number of halogens is 1. The maximum absolute atomic E-state index is 8.36. The fraction of sp³-hybridized carbons (Fsp3) is 0. The molecule has 0 aromatic rings. The topological polar surface area (TPSA) is 98.4 Å². The van der Waals surface area contributed by atoms with Crippen LogP contribution in [0.15, 0.2) is 0 Å². The van der Waals surface area contributed by atoms with E-state index in [1.807, 2.05) is 0 Å². The van der Waals surface area contributed by atoms with Crippen molar-refractivity contribution in [3.05, 3.63) is 10.1 Å². The Balaban J connectivity index is -0.00000000450. The third-order valence-electron chi connectivity index (χ3n) is 0. The Morgan fingerprint density at radius 3 is 1.71 bits per heavy atom. The molecular formula is H7CaClN2O3. The summed E-state index contributed by atoms with van der Waals surface area (Å²) >= 11 is 0. The SMILES string of the molecule is Cl.N.O=[N+]([O-])O.[Ca+2].[H-].[H-]. The average Bonchev–Trinajstić information content (AvgIpc) is 0.811. The summed E-state index contributed by atoms with van der Waals surface area (Å²) in [6.07, 6.45) is 0. The Morgan fingerprint density at radius 1 is 1.71 bits per heavy atom. The normalized spacial score (nSPS) is 3.43. The molecule has 0 bridgehead atoms. The van der Waals surface area contributed by atoms with Crippen molar-refractivity contribution in [2.75, 3.05) is 0 Å². The summed E-state index contributed by atoms with van der Waals surface area (Å²) in [5.41, 5.74) is 0. The first kappa shape index (κ1) is 25.2.